The van der Waals surface area contributed by atoms with Crippen molar-refractivity contribution >= 4 is 17.8 Å². The lowest BCUT2D eigenvalue weighted by molar-refractivity contribution is -0.141. The Bertz CT molecular complexity index is 1080. The van der Waals surface area contributed by atoms with E-state index in [1.54, 1.807) is 6.92 Å². The summed E-state index contributed by atoms with van der Waals surface area (Å²) in [5.41, 5.74) is 0.847. The van der Waals surface area contributed by atoms with Crippen LogP contribution in [0.15, 0.2) is 65.9 Å². The van der Waals surface area contributed by atoms with Gasteiger partial charge in [-0.3, -0.25) is 9.59 Å². The number of carbonyl (C=O) groups is 3. The van der Waals surface area contributed by atoms with Crippen LogP contribution in [0.5, 0.6) is 0 Å². The Morgan fingerprint density at radius 1 is 1.09 bits per heavy atom. The fraction of sp³-hybridized carbons (Fsp3) is 0.320. The molecule has 2 amide bonds. The van der Waals surface area contributed by atoms with E-state index in [4.69, 9.17) is 4.74 Å². The number of ether oxygens (including phenoxy) is 1. The molecule has 0 spiro atoms. The molecule has 0 saturated heterocycles. The highest BCUT2D eigenvalue weighted by atomic mass is 19.4. The van der Waals surface area contributed by atoms with Crippen LogP contribution in [0.25, 0.3) is 0 Å². The number of amides is 2. The number of alkyl halides is 3. The van der Waals surface area contributed by atoms with Crippen LogP contribution in [-0.4, -0.2) is 35.8 Å². The van der Waals surface area contributed by atoms with E-state index in [1.807, 2.05) is 30.3 Å². The Labute approximate surface area is 195 Å². The van der Waals surface area contributed by atoms with E-state index >= 15 is 0 Å². The van der Waals surface area contributed by atoms with Gasteiger partial charge in [0.15, 0.2) is 0 Å². The Morgan fingerprint density at radius 2 is 1.74 bits per heavy atom. The Kier molecular flexibility index (Phi) is 7.75. The highest BCUT2D eigenvalue weighted by molar-refractivity contribution is 5.97. The molecule has 2 aromatic carbocycles. The second kappa shape index (κ2) is 10.5. The number of rotatable bonds is 7. The zero-order valence-electron chi connectivity index (χ0n) is 18.8. The minimum Gasteiger partial charge on any atom is -0.463 e. The molecule has 1 atom stereocenters. The third-order valence-electron chi connectivity index (χ3n) is 5.59. The van der Waals surface area contributed by atoms with Gasteiger partial charge >= 0.3 is 12.1 Å². The number of halogens is 3. The Balaban J connectivity index is 1.85. The number of benzene rings is 2. The van der Waals surface area contributed by atoms with Crippen molar-refractivity contribution < 1.29 is 32.3 Å². The SMILES string of the molecule is CCOC(=O)C1=C(C)N(CC(=O)NCc2ccccc2)C(=O)CC1c1ccc(C(F)(F)F)cc1. The highest BCUT2D eigenvalue weighted by Gasteiger charge is 2.38. The van der Waals surface area contributed by atoms with Crippen LogP contribution in [-0.2, 0) is 31.8 Å². The van der Waals surface area contributed by atoms with E-state index < -0.39 is 35.4 Å². The molecular formula is C25H25F3N2O4. The number of hydrogen-bond acceptors (Lipinski definition) is 4. The van der Waals surface area contributed by atoms with Gasteiger partial charge in [-0.15, -0.1) is 0 Å². The first-order valence-corrected chi connectivity index (χ1v) is 10.8. The summed E-state index contributed by atoms with van der Waals surface area (Å²) in [6, 6.07) is 13.6. The van der Waals surface area contributed by atoms with Crippen molar-refractivity contribution in [3.8, 4) is 0 Å². The van der Waals surface area contributed by atoms with E-state index in [1.165, 1.54) is 24.0 Å². The van der Waals surface area contributed by atoms with Crippen LogP contribution in [0.2, 0.25) is 0 Å². The maximum Gasteiger partial charge on any atom is 0.416 e. The second-order valence-electron chi connectivity index (χ2n) is 7.84. The van der Waals surface area contributed by atoms with E-state index in [2.05, 4.69) is 5.32 Å². The lowest BCUT2D eigenvalue weighted by Gasteiger charge is -2.34. The van der Waals surface area contributed by atoms with Crippen molar-refractivity contribution in [1.29, 1.82) is 0 Å². The number of carbonyl (C=O) groups excluding carboxylic acids is 3. The number of allylic oxidation sites excluding steroid dienone is 1. The predicted molar refractivity (Wildman–Crippen MR) is 118 cm³/mol. The minimum atomic E-state index is -4.50. The van der Waals surface area contributed by atoms with Crippen molar-refractivity contribution in [3.05, 3.63) is 82.6 Å². The quantitative estimate of drug-likeness (QED) is 0.611. The van der Waals surface area contributed by atoms with Crippen LogP contribution in [0.1, 0.15) is 42.9 Å². The van der Waals surface area contributed by atoms with Crippen molar-refractivity contribution in [3.63, 3.8) is 0 Å². The lowest BCUT2D eigenvalue weighted by atomic mass is 9.83. The molecule has 3 rings (SSSR count). The molecule has 0 saturated carbocycles. The molecule has 1 heterocycles. The molecule has 34 heavy (non-hydrogen) atoms. The highest BCUT2D eigenvalue weighted by Crippen LogP contribution is 2.38. The van der Waals surface area contributed by atoms with Crippen LogP contribution < -0.4 is 5.32 Å². The maximum absolute atomic E-state index is 13.0. The molecule has 0 aromatic heterocycles. The van der Waals surface area contributed by atoms with E-state index in [9.17, 15) is 27.6 Å². The fourth-order valence-corrected chi connectivity index (χ4v) is 3.86. The standard InChI is InChI=1S/C25H25F3N2O4/c1-3-34-24(33)23-16(2)30(15-21(31)29-14-17-7-5-4-6-8-17)22(32)13-20(23)18-9-11-19(12-10-18)25(26,27)28/h4-12,20H,3,13-15H2,1-2H3,(H,29,31). The zero-order valence-corrected chi connectivity index (χ0v) is 18.8. The number of esters is 1. The normalized spacial score (nSPS) is 16.4. The van der Waals surface area contributed by atoms with Gasteiger partial charge < -0.3 is 15.0 Å². The van der Waals surface area contributed by atoms with E-state index in [0.29, 0.717) is 5.56 Å². The molecule has 1 aliphatic heterocycles. The summed E-state index contributed by atoms with van der Waals surface area (Å²) in [5, 5.41) is 2.74. The lowest BCUT2D eigenvalue weighted by Crippen LogP contribution is -2.44. The molecule has 1 unspecified atom stereocenters. The molecule has 2 aromatic rings. The first-order valence-electron chi connectivity index (χ1n) is 10.8. The van der Waals surface area contributed by atoms with Gasteiger partial charge in [-0.25, -0.2) is 4.79 Å². The van der Waals surface area contributed by atoms with Gasteiger partial charge in [-0.05, 0) is 37.1 Å². The number of nitrogens with zero attached hydrogens (tertiary/aromatic N) is 1. The molecule has 0 bridgehead atoms. The van der Waals surface area contributed by atoms with Crippen LogP contribution >= 0.6 is 0 Å². The number of nitrogens with one attached hydrogen (secondary N) is 1. The Morgan fingerprint density at radius 3 is 2.32 bits per heavy atom. The summed E-state index contributed by atoms with van der Waals surface area (Å²) in [5.74, 6) is -2.28. The van der Waals surface area contributed by atoms with Crippen LogP contribution in [0.3, 0.4) is 0 Å². The first-order chi connectivity index (χ1) is 16.1. The molecule has 0 fully saturated rings. The van der Waals surface area contributed by atoms with Gasteiger partial charge in [0.1, 0.15) is 6.54 Å². The molecule has 0 aliphatic carbocycles. The van der Waals surface area contributed by atoms with E-state index in [0.717, 1.165) is 17.7 Å². The Hall–Kier alpha value is -3.62. The molecule has 1 N–H and O–H groups in total. The molecule has 6 nitrogen and oxygen atoms in total. The van der Waals surface area contributed by atoms with Crippen molar-refractivity contribution in [2.24, 2.45) is 0 Å². The van der Waals surface area contributed by atoms with Crippen LogP contribution in [0.4, 0.5) is 13.2 Å². The first kappa shape index (κ1) is 25.0. The van der Waals surface area contributed by atoms with Gasteiger partial charge in [0, 0.05) is 24.6 Å². The summed E-state index contributed by atoms with van der Waals surface area (Å²) in [7, 11) is 0. The van der Waals surface area contributed by atoms with E-state index in [-0.39, 0.29) is 37.4 Å². The smallest absolute Gasteiger partial charge is 0.416 e. The fourth-order valence-electron chi connectivity index (χ4n) is 3.86. The van der Waals surface area contributed by atoms with Gasteiger partial charge in [0.2, 0.25) is 11.8 Å². The minimum absolute atomic E-state index is 0.0842. The topological polar surface area (TPSA) is 75.7 Å². The summed E-state index contributed by atoms with van der Waals surface area (Å²) in [4.78, 5) is 39.4. The summed E-state index contributed by atoms with van der Waals surface area (Å²) >= 11 is 0. The number of hydrogen-bond donors (Lipinski definition) is 1. The molecule has 1 aliphatic rings. The van der Waals surface area contributed by atoms with Gasteiger partial charge in [-0.1, -0.05) is 42.5 Å². The largest absolute Gasteiger partial charge is 0.463 e. The molecule has 0 radical (unpaired) electrons. The average Bonchev–Trinajstić information content (AvgIpc) is 2.80. The average molecular weight is 474 g/mol. The summed E-state index contributed by atoms with van der Waals surface area (Å²) in [6.07, 6.45) is -4.68. The molecule has 9 heteroatoms. The van der Waals surface area contributed by atoms with Gasteiger partial charge in [0.25, 0.3) is 0 Å². The third-order valence-corrected chi connectivity index (χ3v) is 5.59. The molecule has 180 valence electrons. The summed E-state index contributed by atoms with van der Waals surface area (Å²) < 4.78 is 44.0. The van der Waals surface area contributed by atoms with Gasteiger partial charge in [0.05, 0.1) is 17.7 Å². The van der Waals surface area contributed by atoms with Crippen molar-refractivity contribution in [2.75, 3.05) is 13.2 Å². The van der Waals surface area contributed by atoms with Gasteiger partial charge in [-0.2, -0.15) is 13.2 Å². The monoisotopic (exact) mass is 474 g/mol. The predicted octanol–water partition coefficient (Wildman–Crippen LogP) is 4.17. The van der Waals surface area contributed by atoms with Crippen molar-refractivity contribution in [1.82, 2.24) is 10.2 Å². The van der Waals surface area contributed by atoms with Crippen LogP contribution in [0, 0.1) is 0 Å². The maximum atomic E-state index is 13.0. The van der Waals surface area contributed by atoms with Crippen molar-refractivity contribution in [2.45, 2.75) is 38.9 Å². The molecular weight excluding hydrogens is 449 g/mol. The summed E-state index contributed by atoms with van der Waals surface area (Å²) in [6.45, 7) is 3.24. The zero-order chi connectivity index (χ0) is 24.9. The third kappa shape index (κ3) is 5.84. The second-order valence-corrected chi connectivity index (χ2v) is 7.84.